The van der Waals surface area contributed by atoms with Gasteiger partial charge in [0.2, 0.25) is 11.0 Å². The molecule has 0 fully saturated rings. The van der Waals surface area contributed by atoms with Crippen molar-refractivity contribution in [3.63, 3.8) is 0 Å². The van der Waals surface area contributed by atoms with Crippen molar-refractivity contribution in [3.05, 3.63) is 83.4 Å². The minimum atomic E-state index is -0.895. The van der Waals surface area contributed by atoms with Gasteiger partial charge < -0.3 is 20.1 Å². The molecule has 37 heavy (non-hydrogen) atoms. The Labute approximate surface area is 222 Å². The van der Waals surface area contributed by atoms with E-state index in [1.54, 1.807) is 30.3 Å². The van der Waals surface area contributed by atoms with Gasteiger partial charge in [-0.2, -0.15) is 0 Å². The molecule has 0 aliphatic rings. The summed E-state index contributed by atoms with van der Waals surface area (Å²) in [7, 11) is 3.04. The van der Waals surface area contributed by atoms with Crippen LogP contribution in [0.15, 0.2) is 72.8 Å². The standard InChI is InChI=1S/C26H24ClN5O4S/c1-35-20-13-19(14-21(15-20)36-2)28-25(34)29-22(11-16-7-4-3-5-8-16)23(33)30-26-32-31-24(37-26)17-9-6-10-18(27)12-17/h3-10,12-15,22H,11H2,1-2H3,(H2,28,29,34)(H,30,32,33)/t22-/m0/s1. The minimum Gasteiger partial charge on any atom is -0.497 e. The lowest BCUT2D eigenvalue weighted by molar-refractivity contribution is -0.117. The molecular formula is C26H24ClN5O4S. The summed E-state index contributed by atoms with van der Waals surface area (Å²) >= 11 is 7.28. The van der Waals surface area contributed by atoms with E-state index in [0.29, 0.717) is 32.3 Å². The molecule has 3 amide bonds. The average molecular weight is 538 g/mol. The molecule has 11 heteroatoms. The molecule has 0 bridgehead atoms. The Balaban J connectivity index is 1.49. The van der Waals surface area contributed by atoms with E-state index in [1.807, 2.05) is 42.5 Å². The zero-order valence-electron chi connectivity index (χ0n) is 20.0. The zero-order valence-corrected chi connectivity index (χ0v) is 21.6. The molecule has 0 saturated heterocycles. The number of methoxy groups -OCH3 is 2. The van der Waals surface area contributed by atoms with Crippen molar-refractivity contribution in [2.45, 2.75) is 12.5 Å². The lowest BCUT2D eigenvalue weighted by atomic mass is 10.1. The number of nitrogens with one attached hydrogen (secondary N) is 3. The molecular weight excluding hydrogens is 514 g/mol. The van der Waals surface area contributed by atoms with Crippen LogP contribution in [0.4, 0.5) is 15.6 Å². The summed E-state index contributed by atoms with van der Waals surface area (Å²) < 4.78 is 10.5. The third kappa shape index (κ3) is 7.18. The Morgan fingerprint density at radius 3 is 2.32 bits per heavy atom. The Kier molecular flexibility index (Phi) is 8.55. The molecule has 0 radical (unpaired) electrons. The highest BCUT2D eigenvalue weighted by Crippen LogP contribution is 2.28. The van der Waals surface area contributed by atoms with Crippen LogP contribution >= 0.6 is 22.9 Å². The van der Waals surface area contributed by atoms with E-state index < -0.39 is 18.0 Å². The van der Waals surface area contributed by atoms with Crippen LogP contribution in [-0.4, -0.2) is 42.4 Å². The molecule has 0 aliphatic carbocycles. The maximum Gasteiger partial charge on any atom is 0.319 e. The van der Waals surface area contributed by atoms with Crippen LogP contribution in [-0.2, 0) is 11.2 Å². The van der Waals surface area contributed by atoms with Crippen molar-refractivity contribution < 1.29 is 19.1 Å². The first-order valence-corrected chi connectivity index (χ1v) is 12.4. The fourth-order valence-electron chi connectivity index (χ4n) is 3.47. The Morgan fingerprint density at radius 1 is 0.919 bits per heavy atom. The maximum absolute atomic E-state index is 13.2. The number of anilines is 2. The van der Waals surface area contributed by atoms with Gasteiger partial charge in [0.15, 0.2) is 0 Å². The van der Waals surface area contributed by atoms with Gasteiger partial charge in [0.1, 0.15) is 22.5 Å². The quantitative estimate of drug-likeness (QED) is 0.269. The second kappa shape index (κ2) is 12.2. The number of carbonyl (C=O) groups is 2. The summed E-state index contributed by atoms with van der Waals surface area (Å²) in [6.45, 7) is 0. The van der Waals surface area contributed by atoms with Crippen LogP contribution in [0.5, 0.6) is 11.5 Å². The Hall–Kier alpha value is -4.15. The zero-order chi connectivity index (χ0) is 26.2. The van der Waals surface area contributed by atoms with Crippen molar-refractivity contribution in [2.24, 2.45) is 0 Å². The first-order chi connectivity index (χ1) is 17.9. The van der Waals surface area contributed by atoms with Crippen molar-refractivity contribution in [2.75, 3.05) is 24.9 Å². The van der Waals surface area contributed by atoms with Gasteiger partial charge in [-0.25, -0.2) is 4.79 Å². The first kappa shape index (κ1) is 25.9. The fraction of sp³-hybridized carbons (Fsp3) is 0.154. The summed E-state index contributed by atoms with van der Waals surface area (Å²) in [5.41, 5.74) is 2.11. The minimum absolute atomic E-state index is 0.265. The molecule has 0 saturated carbocycles. The third-order valence-corrected chi connectivity index (χ3v) is 6.36. The van der Waals surface area contributed by atoms with Gasteiger partial charge in [-0.05, 0) is 17.7 Å². The molecule has 3 N–H and O–H groups in total. The van der Waals surface area contributed by atoms with Gasteiger partial charge in [0, 0.05) is 40.9 Å². The van der Waals surface area contributed by atoms with Gasteiger partial charge in [-0.1, -0.05) is 65.4 Å². The van der Waals surface area contributed by atoms with E-state index in [9.17, 15) is 9.59 Å². The largest absolute Gasteiger partial charge is 0.497 e. The number of hydrogen-bond acceptors (Lipinski definition) is 7. The molecule has 0 aliphatic heterocycles. The number of halogens is 1. The first-order valence-electron chi connectivity index (χ1n) is 11.2. The molecule has 9 nitrogen and oxygen atoms in total. The highest BCUT2D eigenvalue weighted by Gasteiger charge is 2.23. The molecule has 0 spiro atoms. The lowest BCUT2D eigenvalue weighted by Crippen LogP contribution is -2.46. The summed E-state index contributed by atoms with van der Waals surface area (Å²) in [5, 5.41) is 17.9. The molecule has 0 unspecified atom stereocenters. The Morgan fingerprint density at radius 2 is 1.65 bits per heavy atom. The fourth-order valence-corrected chi connectivity index (χ4v) is 4.40. The normalized spacial score (nSPS) is 11.3. The van der Waals surface area contributed by atoms with Crippen LogP contribution in [0.2, 0.25) is 5.02 Å². The van der Waals surface area contributed by atoms with E-state index in [4.69, 9.17) is 21.1 Å². The highest BCUT2D eigenvalue weighted by atomic mass is 35.5. The van der Waals surface area contributed by atoms with Crippen LogP contribution in [0, 0.1) is 0 Å². The third-order valence-electron chi connectivity index (χ3n) is 5.24. The average Bonchev–Trinajstić information content (AvgIpc) is 3.37. The second-order valence-corrected chi connectivity index (χ2v) is 9.27. The number of hydrogen-bond donors (Lipinski definition) is 3. The number of ether oxygens (including phenoxy) is 2. The molecule has 1 atom stereocenters. The number of urea groups is 1. The summed E-state index contributed by atoms with van der Waals surface area (Å²) in [6, 6.07) is 20.1. The van der Waals surface area contributed by atoms with Gasteiger partial charge in [0.05, 0.1) is 14.2 Å². The summed E-state index contributed by atoms with van der Waals surface area (Å²) in [4.78, 5) is 26.1. The SMILES string of the molecule is COc1cc(NC(=O)N[C@@H](Cc2ccccc2)C(=O)Nc2nnc(-c3cccc(Cl)c3)s2)cc(OC)c1. The van der Waals surface area contributed by atoms with Crippen molar-refractivity contribution >= 4 is 45.7 Å². The number of aromatic nitrogens is 2. The van der Waals surface area contributed by atoms with Crippen LogP contribution in [0.3, 0.4) is 0 Å². The molecule has 4 aromatic rings. The highest BCUT2D eigenvalue weighted by molar-refractivity contribution is 7.18. The predicted octanol–water partition coefficient (Wildman–Crippen LogP) is 5.25. The van der Waals surface area contributed by atoms with Crippen molar-refractivity contribution in [1.29, 1.82) is 0 Å². The molecule has 1 heterocycles. The second-order valence-electron chi connectivity index (χ2n) is 7.85. The van der Waals surface area contributed by atoms with Crippen molar-refractivity contribution in [3.8, 4) is 22.1 Å². The van der Waals surface area contributed by atoms with Crippen LogP contribution in [0.1, 0.15) is 5.56 Å². The van der Waals surface area contributed by atoms with E-state index >= 15 is 0 Å². The molecule has 190 valence electrons. The smallest absolute Gasteiger partial charge is 0.319 e. The number of nitrogens with zero attached hydrogens (tertiary/aromatic N) is 2. The summed E-state index contributed by atoms with van der Waals surface area (Å²) in [6.07, 6.45) is 0.265. The summed E-state index contributed by atoms with van der Waals surface area (Å²) in [5.74, 6) is 0.594. The van der Waals surface area contributed by atoms with Gasteiger partial charge in [0.25, 0.3) is 0 Å². The van der Waals surface area contributed by atoms with E-state index in [2.05, 4.69) is 26.1 Å². The topological polar surface area (TPSA) is 114 Å². The van der Waals surface area contributed by atoms with Gasteiger partial charge >= 0.3 is 6.03 Å². The number of benzene rings is 3. The van der Waals surface area contributed by atoms with E-state index in [0.717, 1.165) is 11.1 Å². The van der Waals surface area contributed by atoms with Crippen LogP contribution in [0.25, 0.3) is 10.6 Å². The monoisotopic (exact) mass is 537 g/mol. The number of rotatable bonds is 9. The van der Waals surface area contributed by atoms with E-state index in [1.165, 1.54) is 25.6 Å². The number of carbonyl (C=O) groups excluding carboxylic acids is 2. The number of amides is 3. The Bertz CT molecular complexity index is 1360. The molecule has 3 aromatic carbocycles. The maximum atomic E-state index is 13.2. The van der Waals surface area contributed by atoms with Gasteiger partial charge in [-0.15, -0.1) is 10.2 Å². The molecule has 1 aromatic heterocycles. The van der Waals surface area contributed by atoms with E-state index in [-0.39, 0.29) is 6.42 Å². The van der Waals surface area contributed by atoms with Crippen molar-refractivity contribution in [1.82, 2.24) is 15.5 Å². The predicted molar refractivity (Wildman–Crippen MR) is 145 cm³/mol. The molecule has 4 rings (SSSR count). The van der Waals surface area contributed by atoms with Gasteiger partial charge in [-0.3, -0.25) is 10.1 Å². The lowest BCUT2D eigenvalue weighted by Gasteiger charge is -2.18. The van der Waals surface area contributed by atoms with Crippen LogP contribution < -0.4 is 25.4 Å².